The van der Waals surface area contributed by atoms with E-state index in [2.05, 4.69) is 0 Å². The molecule has 1 aromatic rings. The van der Waals surface area contributed by atoms with Gasteiger partial charge < -0.3 is 10.5 Å². The summed E-state index contributed by atoms with van der Waals surface area (Å²) in [5, 5.41) is 0.742. The second-order valence-corrected chi connectivity index (χ2v) is 3.40. The van der Waals surface area contributed by atoms with Gasteiger partial charge in [-0.15, -0.1) is 12.4 Å². The van der Waals surface area contributed by atoms with Crippen LogP contribution < -0.4 is 5.73 Å². The first-order valence-corrected chi connectivity index (χ1v) is 4.27. The minimum Gasteiger partial charge on any atom is -0.375 e. The highest BCUT2D eigenvalue weighted by Gasteiger charge is 2.16. The fourth-order valence-corrected chi connectivity index (χ4v) is 1.64. The van der Waals surface area contributed by atoms with Gasteiger partial charge in [-0.2, -0.15) is 0 Å². The Balaban J connectivity index is 0.000000845. The molecule has 0 aliphatic carbocycles. The molecule has 0 bridgehead atoms. The summed E-state index contributed by atoms with van der Waals surface area (Å²) >= 11 is 5.83. The summed E-state index contributed by atoms with van der Waals surface area (Å²) in [5.74, 6) is 0. The van der Waals surface area contributed by atoms with Crippen molar-refractivity contribution in [2.75, 3.05) is 6.61 Å². The van der Waals surface area contributed by atoms with Gasteiger partial charge in [-0.25, -0.2) is 0 Å². The Morgan fingerprint density at radius 3 is 3.00 bits per heavy atom. The van der Waals surface area contributed by atoms with Crippen molar-refractivity contribution in [2.45, 2.75) is 12.6 Å². The highest BCUT2D eigenvalue weighted by Crippen LogP contribution is 2.25. The van der Waals surface area contributed by atoms with E-state index in [1.807, 2.05) is 18.2 Å². The zero-order valence-electron chi connectivity index (χ0n) is 7.00. The van der Waals surface area contributed by atoms with E-state index in [0.29, 0.717) is 13.2 Å². The predicted molar refractivity (Wildman–Crippen MR) is 55.3 cm³/mol. The molecule has 0 spiro atoms. The molecule has 2 rings (SSSR count). The zero-order valence-corrected chi connectivity index (χ0v) is 8.57. The summed E-state index contributed by atoms with van der Waals surface area (Å²) < 4.78 is 5.28. The van der Waals surface area contributed by atoms with E-state index in [0.717, 1.165) is 16.1 Å². The lowest BCUT2D eigenvalue weighted by Gasteiger charge is -2.22. The average Bonchev–Trinajstić information content (AvgIpc) is 2.04. The second-order valence-electron chi connectivity index (χ2n) is 2.96. The fraction of sp³-hybridized carbons (Fsp3) is 0.333. The Morgan fingerprint density at radius 2 is 2.23 bits per heavy atom. The Bertz CT molecular complexity index is 304. The van der Waals surface area contributed by atoms with Crippen molar-refractivity contribution in [2.24, 2.45) is 5.73 Å². The van der Waals surface area contributed by atoms with Crippen molar-refractivity contribution in [1.29, 1.82) is 0 Å². The first-order valence-electron chi connectivity index (χ1n) is 3.89. The average molecular weight is 220 g/mol. The normalized spacial score (nSPS) is 20.3. The van der Waals surface area contributed by atoms with Crippen LogP contribution in [-0.2, 0) is 11.3 Å². The highest BCUT2D eigenvalue weighted by atomic mass is 35.5. The lowest BCUT2D eigenvalue weighted by Crippen LogP contribution is -2.23. The molecule has 2 N–H and O–H groups in total. The van der Waals surface area contributed by atoms with Crippen LogP contribution in [0, 0.1) is 0 Å². The number of halogens is 2. The van der Waals surface area contributed by atoms with Gasteiger partial charge in [0.15, 0.2) is 0 Å². The molecule has 0 amide bonds. The smallest absolute Gasteiger partial charge is 0.0721 e. The van der Waals surface area contributed by atoms with E-state index in [1.54, 1.807) is 0 Å². The van der Waals surface area contributed by atoms with Crippen molar-refractivity contribution < 1.29 is 4.74 Å². The Morgan fingerprint density at radius 1 is 1.46 bits per heavy atom. The molecule has 0 saturated carbocycles. The maximum absolute atomic E-state index is 5.83. The van der Waals surface area contributed by atoms with Crippen molar-refractivity contribution >= 4 is 24.0 Å². The molecule has 0 aromatic heterocycles. The third-order valence-electron chi connectivity index (χ3n) is 2.06. The first kappa shape index (κ1) is 10.8. The van der Waals surface area contributed by atoms with Crippen LogP contribution in [0.1, 0.15) is 17.2 Å². The summed E-state index contributed by atoms with van der Waals surface area (Å²) in [7, 11) is 0. The van der Waals surface area contributed by atoms with Gasteiger partial charge in [-0.3, -0.25) is 0 Å². The van der Waals surface area contributed by atoms with Gasteiger partial charge in [0.1, 0.15) is 0 Å². The Hall–Kier alpha value is -0.280. The molecule has 1 atom stereocenters. The van der Waals surface area contributed by atoms with Crippen LogP contribution in [0.3, 0.4) is 0 Å². The SMILES string of the molecule is Cl.NC1COCc2cc(Cl)ccc21. The largest absolute Gasteiger partial charge is 0.375 e. The van der Waals surface area contributed by atoms with Crippen LogP contribution in [0.5, 0.6) is 0 Å². The molecule has 1 aliphatic heterocycles. The lowest BCUT2D eigenvalue weighted by molar-refractivity contribution is 0.0924. The van der Waals surface area contributed by atoms with Gasteiger partial charge in [0.2, 0.25) is 0 Å². The standard InChI is InChI=1S/C9H10ClNO.ClH/c10-7-1-2-8-6(3-7)4-12-5-9(8)11;/h1-3,9H,4-5,11H2;1H. The molecule has 13 heavy (non-hydrogen) atoms. The summed E-state index contributed by atoms with van der Waals surface area (Å²) in [6, 6.07) is 5.76. The van der Waals surface area contributed by atoms with E-state index in [1.165, 1.54) is 0 Å². The van der Waals surface area contributed by atoms with Crippen LogP contribution >= 0.6 is 24.0 Å². The fourth-order valence-electron chi connectivity index (χ4n) is 1.45. The van der Waals surface area contributed by atoms with E-state index < -0.39 is 0 Å². The van der Waals surface area contributed by atoms with E-state index in [-0.39, 0.29) is 18.4 Å². The summed E-state index contributed by atoms with van der Waals surface area (Å²) in [6.07, 6.45) is 0. The summed E-state index contributed by atoms with van der Waals surface area (Å²) in [5.41, 5.74) is 8.10. The number of rotatable bonds is 0. The van der Waals surface area contributed by atoms with Crippen LogP contribution in [0.2, 0.25) is 5.02 Å². The van der Waals surface area contributed by atoms with Gasteiger partial charge in [-0.05, 0) is 23.3 Å². The molecule has 1 unspecified atom stereocenters. The zero-order chi connectivity index (χ0) is 8.55. The van der Waals surface area contributed by atoms with Crippen molar-refractivity contribution in [3.8, 4) is 0 Å². The van der Waals surface area contributed by atoms with Crippen LogP contribution in [0.15, 0.2) is 18.2 Å². The second kappa shape index (κ2) is 4.29. The molecule has 0 saturated heterocycles. The molecule has 2 nitrogen and oxygen atoms in total. The van der Waals surface area contributed by atoms with Gasteiger partial charge >= 0.3 is 0 Å². The molecular weight excluding hydrogens is 209 g/mol. The van der Waals surface area contributed by atoms with Crippen LogP contribution in [0.25, 0.3) is 0 Å². The molecule has 4 heteroatoms. The van der Waals surface area contributed by atoms with E-state index in [9.17, 15) is 0 Å². The van der Waals surface area contributed by atoms with Crippen LogP contribution in [0.4, 0.5) is 0 Å². The van der Waals surface area contributed by atoms with Gasteiger partial charge in [0.05, 0.1) is 19.3 Å². The third kappa shape index (κ3) is 2.15. The quantitative estimate of drug-likeness (QED) is 0.727. The maximum Gasteiger partial charge on any atom is 0.0721 e. The topological polar surface area (TPSA) is 35.2 Å². The number of ether oxygens (including phenoxy) is 1. The minimum atomic E-state index is 0. The molecule has 1 aromatic carbocycles. The number of hydrogen-bond donors (Lipinski definition) is 1. The molecule has 1 heterocycles. The third-order valence-corrected chi connectivity index (χ3v) is 2.29. The Labute approximate surface area is 88.4 Å². The number of hydrogen-bond acceptors (Lipinski definition) is 2. The lowest BCUT2D eigenvalue weighted by atomic mass is 10.00. The van der Waals surface area contributed by atoms with Crippen molar-refractivity contribution in [1.82, 2.24) is 0 Å². The summed E-state index contributed by atoms with van der Waals surface area (Å²) in [4.78, 5) is 0. The number of fused-ring (bicyclic) bond motifs is 1. The van der Waals surface area contributed by atoms with Crippen molar-refractivity contribution in [3.63, 3.8) is 0 Å². The van der Waals surface area contributed by atoms with Gasteiger partial charge in [0.25, 0.3) is 0 Å². The number of nitrogens with two attached hydrogens (primary N) is 1. The first-order chi connectivity index (χ1) is 5.77. The molecular formula is C9H11Cl2NO. The Kier molecular flexibility index (Phi) is 3.56. The van der Waals surface area contributed by atoms with Crippen molar-refractivity contribution in [3.05, 3.63) is 34.3 Å². The summed E-state index contributed by atoms with van der Waals surface area (Å²) in [6.45, 7) is 1.23. The monoisotopic (exact) mass is 219 g/mol. The van der Waals surface area contributed by atoms with Gasteiger partial charge in [0, 0.05) is 5.02 Å². The maximum atomic E-state index is 5.83. The molecule has 72 valence electrons. The number of benzene rings is 1. The highest BCUT2D eigenvalue weighted by molar-refractivity contribution is 6.30. The van der Waals surface area contributed by atoms with Crippen LogP contribution in [-0.4, -0.2) is 6.61 Å². The van der Waals surface area contributed by atoms with E-state index in [4.69, 9.17) is 22.1 Å². The predicted octanol–water partition coefficient (Wildman–Crippen LogP) is 2.29. The molecule has 0 fully saturated rings. The molecule has 1 aliphatic rings. The van der Waals surface area contributed by atoms with Gasteiger partial charge in [-0.1, -0.05) is 17.7 Å². The molecule has 0 radical (unpaired) electrons. The van der Waals surface area contributed by atoms with E-state index >= 15 is 0 Å². The minimum absolute atomic E-state index is 0.